The molecule has 0 radical (unpaired) electrons. The van der Waals surface area contributed by atoms with Crippen LogP contribution in [0.1, 0.15) is 30.1 Å². The van der Waals surface area contributed by atoms with Crippen LogP contribution in [0.25, 0.3) is 0 Å². The summed E-state index contributed by atoms with van der Waals surface area (Å²) in [6.07, 6.45) is 2.40. The number of amides is 1. The van der Waals surface area contributed by atoms with Crippen LogP contribution in [0.3, 0.4) is 0 Å². The molecule has 3 nitrogen and oxygen atoms in total. The zero-order chi connectivity index (χ0) is 14.7. The molecule has 1 atom stereocenters. The highest BCUT2D eigenvalue weighted by Crippen LogP contribution is 2.36. The maximum atomic E-state index is 12.8. The summed E-state index contributed by atoms with van der Waals surface area (Å²) >= 11 is 9.56. The van der Waals surface area contributed by atoms with Crippen molar-refractivity contribution in [3.8, 4) is 0 Å². The molecule has 1 saturated carbocycles. The van der Waals surface area contributed by atoms with Gasteiger partial charge in [0.05, 0.1) is 17.2 Å². The maximum absolute atomic E-state index is 12.8. The quantitative estimate of drug-likeness (QED) is 0.767. The van der Waals surface area contributed by atoms with Crippen LogP contribution in [-0.4, -0.2) is 37.1 Å². The number of hydrogen-bond acceptors (Lipinski definition) is 2. The Kier molecular flexibility index (Phi) is 5.47. The van der Waals surface area contributed by atoms with Gasteiger partial charge in [0.1, 0.15) is 0 Å². The van der Waals surface area contributed by atoms with E-state index in [0.717, 1.165) is 4.47 Å². The standard InChI is InChI=1S/C15H19BrClNO2/c1-10(11-3-4-11)18(7-8-20-2)15(19)13-9-12(16)5-6-14(13)17/h5-6,9-11H,3-4,7-8H2,1-2H3. The van der Waals surface area contributed by atoms with Gasteiger partial charge in [0.2, 0.25) is 0 Å². The number of ether oxygens (including phenoxy) is 1. The lowest BCUT2D eigenvalue weighted by atomic mass is 10.1. The van der Waals surface area contributed by atoms with E-state index >= 15 is 0 Å². The Balaban J connectivity index is 2.22. The Morgan fingerprint density at radius 1 is 1.55 bits per heavy atom. The highest BCUT2D eigenvalue weighted by atomic mass is 79.9. The molecule has 2 rings (SSSR count). The second-order valence-corrected chi connectivity index (χ2v) is 6.52. The van der Waals surface area contributed by atoms with Crippen LogP contribution >= 0.6 is 27.5 Å². The Morgan fingerprint density at radius 3 is 2.85 bits per heavy atom. The van der Waals surface area contributed by atoms with Crippen LogP contribution in [0.4, 0.5) is 0 Å². The summed E-state index contributed by atoms with van der Waals surface area (Å²) in [5.41, 5.74) is 0.546. The molecule has 0 aliphatic heterocycles. The second-order valence-electron chi connectivity index (χ2n) is 5.19. The minimum atomic E-state index is -0.0206. The van der Waals surface area contributed by atoms with Crippen molar-refractivity contribution < 1.29 is 9.53 Å². The Labute approximate surface area is 133 Å². The third-order valence-electron chi connectivity index (χ3n) is 3.75. The van der Waals surface area contributed by atoms with E-state index in [1.807, 2.05) is 11.0 Å². The number of carbonyl (C=O) groups is 1. The third-order valence-corrected chi connectivity index (χ3v) is 4.57. The molecule has 1 amide bonds. The summed E-state index contributed by atoms with van der Waals surface area (Å²) in [7, 11) is 1.65. The average Bonchev–Trinajstić information content (AvgIpc) is 3.26. The van der Waals surface area contributed by atoms with Gasteiger partial charge in [0.25, 0.3) is 5.91 Å². The SMILES string of the molecule is COCCN(C(=O)c1cc(Br)ccc1Cl)C(C)C1CC1. The van der Waals surface area contributed by atoms with E-state index in [0.29, 0.717) is 29.7 Å². The van der Waals surface area contributed by atoms with Crippen molar-refractivity contribution in [1.29, 1.82) is 0 Å². The van der Waals surface area contributed by atoms with Crippen LogP contribution in [-0.2, 0) is 4.74 Å². The lowest BCUT2D eigenvalue weighted by Gasteiger charge is -2.29. The number of nitrogens with zero attached hydrogens (tertiary/aromatic N) is 1. The largest absolute Gasteiger partial charge is 0.383 e. The maximum Gasteiger partial charge on any atom is 0.255 e. The lowest BCUT2D eigenvalue weighted by molar-refractivity contribution is 0.0595. The van der Waals surface area contributed by atoms with Gasteiger partial charge in [-0.25, -0.2) is 0 Å². The van der Waals surface area contributed by atoms with Crippen LogP contribution in [0.15, 0.2) is 22.7 Å². The number of benzene rings is 1. The van der Waals surface area contributed by atoms with Crippen molar-refractivity contribution in [1.82, 2.24) is 4.90 Å². The molecule has 1 aromatic carbocycles. The first-order chi connectivity index (χ1) is 9.54. The number of hydrogen-bond donors (Lipinski definition) is 0. The van der Waals surface area contributed by atoms with E-state index in [2.05, 4.69) is 22.9 Å². The lowest BCUT2D eigenvalue weighted by Crippen LogP contribution is -2.42. The van der Waals surface area contributed by atoms with Gasteiger partial charge in [-0.05, 0) is 43.9 Å². The molecule has 1 aliphatic carbocycles. The molecule has 0 saturated heterocycles. The molecular weight excluding hydrogens is 342 g/mol. The van der Waals surface area contributed by atoms with Crippen molar-refractivity contribution in [3.05, 3.63) is 33.3 Å². The van der Waals surface area contributed by atoms with E-state index in [1.165, 1.54) is 12.8 Å². The van der Waals surface area contributed by atoms with Crippen LogP contribution in [0.2, 0.25) is 5.02 Å². The highest BCUT2D eigenvalue weighted by Gasteiger charge is 2.34. The zero-order valence-corrected chi connectivity index (χ0v) is 14.1. The summed E-state index contributed by atoms with van der Waals surface area (Å²) in [6, 6.07) is 5.59. The Bertz CT molecular complexity index is 491. The van der Waals surface area contributed by atoms with Gasteiger partial charge in [-0.2, -0.15) is 0 Å². The molecule has 5 heteroatoms. The molecule has 0 aromatic heterocycles. The monoisotopic (exact) mass is 359 g/mol. The van der Waals surface area contributed by atoms with Crippen LogP contribution in [0, 0.1) is 5.92 Å². The predicted molar refractivity (Wildman–Crippen MR) is 84.3 cm³/mol. The summed E-state index contributed by atoms with van der Waals surface area (Å²) < 4.78 is 5.98. The van der Waals surface area contributed by atoms with Crippen molar-refractivity contribution in [3.63, 3.8) is 0 Å². The number of halogens is 2. The normalized spacial score (nSPS) is 16.0. The van der Waals surface area contributed by atoms with E-state index in [-0.39, 0.29) is 11.9 Å². The first-order valence-corrected chi connectivity index (χ1v) is 7.96. The van der Waals surface area contributed by atoms with E-state index in [1.54, 1.807) is 19.2 Å². The van der Waals surface area contributed by atoms with Crippen molar-refractivity contribution in [2.45, 2.75) is 25.8 Å². The molecule has 0 heterocycles. The molecule has 1 unspecified atom stereocenters. The van der Waals surface area contributed by atoms with Crippen molar-refractivity contribution in [2.75, 3.05) is 20.3 Å². The van der Waals surface area contributed by atoms with Gasteiger partial charge in [-0.1, -0.05) is 27.5 Å². The summed E-state index contributed by atoms with van der Waals surface area (Å²) in [5, 5.41) is 0.489. The van der Waals surface area contributed by atoms with Crippen molar-refractivity contribution in [2.24, 2.45) is 5.92 Å². The van der Waals surface area contributed by atoms with Gasteiger partial charge < -0.3 is 9.64 Å². The third kappa shape index (κ3) is 3.74. The van der Waals surface area contributed by atoms with Crippen LogP contribution < -0.4 is 0 Å². The fourth-order valence-electron chi connectivity index (χ4n) is 2.33. The van der Waals surface area contributed by atoms with Crippen molar-refractivity contribution >= 4 is 33.4 Å². The van der Waals surface area contributed by atoms with E-state index in [9.17, 15) is 4.79 Å². The minimum absolute atomic E-state index is 0.0206. The Hall–Kier alpha value is -0.580. The summed E-state index contributed by atoms with van der Waals surface area (Å²) in [4.78, 5) is 14.6. The second kappa shape index (κ2) is 6.92. The van der Waals surface area contributed by atoms with Gasteiger partial charge in [-0.15, -0.1) is 0 Å². The number of carbonyl (C=O) groups excluding carboxylic acids is 1. The molecule has 1 aromatic rings. The summed E-state index contributed by atoms with van der Waals surface area (Å²) in [5.74, 6) is 0.592. The summed E-state index contributed by atoms with van der Waals surface area (Å²) in [6.45, 7) is 3.24. The molecule has 1 aliphatic rings. The molecule has 0 bridgehead atoms. The first kappa shape index (κ1) is 15.8. The highest BCUT2D eigenvalue weighted by molar-refractivity contribution is 9.10. The van der Waals surface area contributed by atoms with Gasteiger partial charge in [0.15, 0.2) is 0 Å². The van der Waals surface area contributed by atoms with Gasteiger partial charge in [0, 0.05) is 24.2 Å². The number of rotatable bonds is 6. The first-order valence-electron chi connectivity index (χ1n) is 6.79. The average molecular weight is 361 g/mol. The van der Waals surface area contributed by atoms with Crippen LogP contribution in [0.5, 0.6) is 0 Å². The number of methoxy groups -OCH3 is 1. The predicted octanol–water partition coefficient (Wildman–Crippen LogP) is 3.99. The smallest absolute Gasteiger partial charge is 0.255 e. The zero-order valence-electron chi connectivity index (χ0n) is 11.7. The topological polar surface area (TPSA) is 29.5 Å². The molecule has 0 N–H and O–H groups in total. The fourth-order valence-corrected chi connectivity index (χ4v) is 2.89. The van der Waals surface area contributed by atoms with E-state index < -0.39 is 0 Å². The molecule has 0 spiro atoms. The van der Waals surface area contributed by atoms with E-state index in [4.69, 9.17) is 16.3 Å². The molecule has 110 valence electrons. The fraction of sp³-hybridized carbons (Fsp3) is 0.533. The minimum Gasteiger partial charge on any atom is -0.383 e. The Morgan fingerprint density at radius 2 is 2.25 bits per heavy atom. The molecule has 1 fully saturated rings. The van der Waals surface area contributed by atoms with Gasteiger partial charge in [-0.3, -0.25) is 4.79 Å². The molecular formula is C15H19BrClNO2. The van der Waals surface area contributed by atoms with Gasteiger partial charge >= 0.3 is 0 Å². The molecule has 20 heavy (non-hydrogen) atoms.